The molecule has 3 aromatic rings. The smallest absolute Gasteiger partial charge is 0.138 e. The monoisotopic (exact) mass is 309 g/mol. The van der Waals surface area contributed by atoms with Gasteiger partial charge in [0.15, 0.2) is 0 Å². The molecule has 0 saturated heterocycles. The van der Waals surface area contributed by atoms with Gasteiger partial charge in [0.25, 0.3) is 0 Å². The Morgan fingerprint density at radius 3 is 2.95 bits per heavy atom. The van der Waals surface area contributed by atoms with E-state index in [1.165, 1.54) is 34.2 Å². The maximum Gasteiger partial charge on any atom is 0.138 e. The van der Waals surface area contributed by atoms with Gasteiger partial charge in [0.05, 0.1) is 5.39 Å². The molecular weight excluding hydrogens is 290 g/mol. The topological polar surface area (TPSA) is 37.8 Å². The van der Waals surface area contributed by atoms with Crippen molar-refractivity contribution in [3.63, 3.8) is 0 Å². The second-order valence-corrected chi connectivity index (χ2v) is 7.18. The molecule has 22 heavy (non-hydrogen) atoms. The minimum atomic E-state index is 0.757. The zero-order valence-corrected chi connectivity index (χ0v) is 13.5. The van der Waals surface area contributed by atoms with Crippen molar-refractivity contribution in [2.24, 2.45) is 5.92 Å². The van der Waals surface area contributed by atoms with Crippen LogP contribution in [0.25, 0.3) is 10.2 Å². The molecule has 0 amide bonds. The van der Waals surface area contributed by atoms with Gasteiger partial charge in [-0.2, -0.15) is 0 Å². The highest BCUT2D eigenvalue weighted by Gasteiger charge is 2.23. The Balaban J connectivity index is 1.70. The third-order valence-electron chi connectivity index (χ3n) is 4.39. The summed E-state index contributed by atoms with van der Waals surface area (Å²) in [6, 6.07) is 10.5. The lowest BCUT2D eigenvalue weighted by Gasteiger charge is -2.18. The summed E-state index contributed by atoms with van der Waals surface area (Å²) in [5.74, 6) is 1.74. The molecule has 0 aliphatic heterocycles. The number of benzene rings is 1. The van der Waals surface area contributed by atoms with Crippen molar-refractivity contribution in [1.82, 2.24) is 9.97 Å². The Bertz CT molecular complexity index is 795. The molecule has 0 bridgehead atoms. The van der Waals surface area contributed by atoms with Gasteiger partial charge in [0.1, 0.15) is 17.0 Å². The SMILES string of the molecule is C[C@@H]1CCc2sc3ncnc(NCc4ccccc4)c3c2C1. The first-order valence-corrected chi connectivity index (χ1v) is 8.66. The van der Waals surface area contributed by atoms with Crippen LogP contribution in [0.4, 0.5) is 5.82 Å². The molecule has 1 aliphatic carbocycles. The second-order valence-electron chi connectivity index (χ2n) is 6.09. The minimum Gasteiger partial charge on any atom is -0.365 e. The summed E-state index contributed by atoms with van der Waals surface area (Å²) in [6.45, 7) is 3.14. The van der Waals surface area contributed by atoms with E-state index in [4.69, 9.17) is 0 Å². The van der Waals surface area contributed by atoms with Crippen LogP contribution >= 0.6 is 11.3 Å². The molecule has 1 atom stereocenters. The predicted molar refractivity (Wildman–Crippen MR) is 92.4 cm³/mol. The molecule has 1 aliphatic rings. The molecule has 2 aromatic heterocycles. The van der Waals surface area contributed by atoms with Gasteiger partial charge in [-0.25, -0.2) is 9.97 Å². The molecular formula is C18H19N3S. The van der Waals surface area contributed by atoms with Crippen molar-refractivity contribution in [3.05, 3.63) is 52.7 Å². The number of rotatable bonds is 3. The van der Waals surface area contributed by atoms with Crippen molar-refractivity contribution in [2.75, 3.05) is 5.32 Å². The fourth-order valence-corrected chi connectivity index (χ4v) is 4.38. The van der Waals surface area contributed by atoms with Crippen LogP contribution in [-0.2, 0) is 19.4 Å². The number of nitrogens with zero attached hydrogens (tertiary/aromatic N) is 2. The molecule has 0 saturated carbocycles. The van der Waals surface area contributed by atoms with E-state index in [1.807, 2.05) is 17.4 Å². The fourth-order valence-electron chi connectivity index (χ4n) is 3.20. The predicted octanol–water partition coefficient (Wildman–Crippen LogP) is 4.43. The van der Waals surface area contributed by atoms with E-state index in [9.17, 15) is 0 Å². The average Bonchev–Trinajstić information content (AvgIpc) is 2.92. The lowest BCUT2D eigenvalue weighted by atomic mass is 9.88. The largest absolute Gasteiger partial charge is 0.365 e. The Morgan fingerprint density at radius 2 is 2.09 bits per heavy atom. The van der Waals surface area contributed by atoms with Crippen LogP contribution in [0, 0.1) is 5.92 Å². The standard InChI is InChI=1S/C18H19N3S/c1-12-7-8-15-14(9-12)16-17(20-11-21-18(16)22-15)19-10-13-5-3-2-4-6-13/h2-6,11-12H,7-10H2,1H3,(H,19,20,21)/t12-/m1/s1. The average molecular weight is 309 g/mol. The van der Waals surface area contributed by atoms with Gasteiger partial charge < -0.3 is 5.32 Å². The molecule has 2 heterocycles. The molecule has 4 heteroatoms. The Kier molecular flexibility index (Phi) is 3.54. The van der Waals surface area contributed by atoms with E-state index in [1.54, 1.807) is 6.33 Å². The highest BCUT2D eigenvalue weighted by Crippen LogP contribution is 2.39. The summed E-state index contributed by atoms with van der Waals surface area (Å²) in [7, 11) is 0. The molecule has 3 nitrogen and oxygen atoms in total. The van der Waals surface area contributed by atoms with E-state index >= 15 is 0 Å². The van der Waals surface area contributed by atoms with Crippen LogP contribution in [0.5, 0.6) is 0 Å². The molecule has 112 valence electrons. The lowest BCUT2D eigenvalue weighted by Crippen LogP contribution is -2.10. The molecule has 0 spiro atoms. The van der Waals surface area contributed by atoms with E-state index in [0.717, 1.165) is 29.5 Å². The molecule has 1 N–H and O–H groups in total. The van der Waals surface area contributed by atoms with Crippen molar-refractivity contribution in [2.45, 2.75) is 32.7 Å². The summed E-state index contributed by atoms with van der Waals surface area (Å²) in [4.78, 5) is 11.6. The number of nitrogens with one attached hydrogen (secondary N) is 1. The number of aryl methyl sites for hydroxylation is 1. The number of aromatic nitrogens is 2. The third-order valence-corrected chi connectivity index (χ3v) is 5.59. The quantitative estimate of drug-likeness (QED) is 0.778. The second kappa shape index (κ2) is 5.69. The van der Waals surface area contributed by atoms with E-state index in [2.05, 4.69) is 46.5 Å². The van der Waals surface area contributed by atoms with Gasteiger partial charge in [0.2, 0.25) is 0 Å². The summed E-state index contributed by atoms with van der Waals surface area (Å²) in [6.07, 6.45) is 5.32. The Morgan fingerprint density at radius 1 is 1.23 bits per heavy atom. The molecule has 0 radical (unpaired) electrons. The molecule has 0 unspecified atom stereocenters. The van der Waals surface area contributed by atoms with Crippen LogP contribution in [0.15, 0.2) is 36.7 Å². The minimum absolute atomic E-state index is 0.757. The first-order valence-electron chi connectivity index (χ1n) is 7.84. The summed E-state index contributed by atoms with van der Waals surface area (Å²) >= 11 is 1.85. The van der Waals surface area contributed by atoms with Gasteiger partial charge in [-0.15, -0.1) is 11.3 Å². The van der Waals surface area contributed by atoms with Gasteiger partial charge in [0, 0.05) is 11.4 Å². The first kappa shape index (κ1) is 13.7. The van der Waals surface area contributed by atoms with Gasteiger partial charge in [-0.05, 0) is 36.3 Å². The number of hydrogen-bond acceptors (Lipinski definition) is 4. The summed E-state index contributed by atoms with van der Waals surface area (Å²) in [5, 5.41) is 4.77. The molecule has 1 aromatic carbocycles. The maximum atomic E-state index is 4.51. The fraction of sp³-hybridized carbons (Fsp3) is 0.333. The van der Waals surface area contributed by atoms with Crippen molar-refractivity contribution in [1.29, 1.82) is 0 Å². The van der Waals surface area contributed by atoms with Crippen LogP contribution in [-0.4, -0.2) is 9.97 Å². The van der Waals surface area contributed by atoms with Crippen molar-refractivity contribution >= 4 is 27.4 Å². The highest BCUT2D eigenvalue weighted by atomic mass is 32.1. The molecule has 4 rings (SSSR count). The summed E-state index contributed by atoms with van der Waals surface area (Å²) < 4.78 is 0. The third kappa shape index (κ3) is 2.48. The van der Waals surface area contributed by atoms with E-state index < -0.39 is 0 Å². The van der Waals surface area contributed by atoms with Gasteiger partial charge in [-0.3, -0.25) is 0 Å². The van der Waals surface area contributed by atoms with Crippen molar-refractivity contribution in [3.8, 4) is 0 Å². The van der Waals surface area contributed by atoms with Gasteiger partial charge >= 0.3 is 0 Å². The van der Waals surface area contributed by atoms with Crippen LogP contribution in [0.3, 0.4) is 0 Å². The van der Waals surface area contributed by atoms with Crippen molar-refractivity contribution < 1.29 is 0 Å². The number of anilines is 1. The number of hydrogen-bond donors (Lipinski definition) is 1. The van der Waals surface area contributed by atoms with E-state index in [0.29, 0.717) is 0 Å². The van der Waals surface area contributed by atoms with Crippen LogP contribution in [0.2, 0.25) is 0 Å². The Hall–Kier alpha value is -1.94. The van der Waals surface area contributed by atoms with Crippen LogP contribution < -0.4 is 5.32 Å². The van der Waals surface area contributed by atoms with E-state index in [-0.39, 0.29) is 0 Å². The highest BCUT2D eigenvalue weighted by molar-refractivity contribution is 7.19. The zero-order chi connectivity index (χ0) is 14.9. The van der Waals surface area contributed by atoms with Gasteiger partial charge in [-0.1, -0.05) is 37.3 Å². The first-order chi connectivity index (χ1) is 10.8. The Labute approximate surface area is 134 Å². The lowest BCUT2D eigenvalue weighted by molar-refractivity contribution is 0.508. The zero-order valence-electron chi connectivity index (χ0n) is 12.7. The number of thiophene rings is 1. The number of fused-ring (bicyclic) bond motifs is 3. The maximum absolute atomic E-state index is 4.51. The van der Waals surface area contributed by atoms with Crippen LogP contribution in [0.1, 0.15) is 29.3 Å². The summed E-state index contributed by atoms with van der Waals surface area (Å²) in [5.41, 5.74) is 2.75. The normalized spacial score (nSPS) is 17.4. The molecule has 0 fully saturated rings.